The Morgan fingerprint density at radius 1 is 1.40 bits per heavy atom. The second-order valence-corrected chi connectivity index (χ2v) is 4.30. The molecule has 3 nitrogen and oxygen atoms in total. The number of nitrogens with two attached hydrogens (primary N) is 1. The second kappa shape index (κ2) is 3.66. The van der Waals surface area contributed by atoms with E-state index in [1.54, 1.807) is 4.90 Å². The maximum atomic E-state index is 11.8. The summed E-state index contributed by atoms with van der Waals surface area (Å²) in [5, 5.41) is 0. The Labute approximate surface area is 89.9 Å². The predicted octanol–water partition coefficient (Wildman–Crippen LogP) is 0.789. The van der Waals surface area contributed by atoms with Crippen molar-refractivity contribution in [2.75, 3.05) is 13.6 Å². The van der Waals surface area contributed by atoms with Crippen LogP contribution in [0.1, 0.15) is 12.0 Å². The molecule has 15 heavy (non-hydrogen) atoms. The highest BCUT2D eigenvalue weighted by atomic mass is 16.2. The third-order valence-electron chi connectivity index (χ3n) is 3.03. The number of nitrogens with zero attached hydrogens (tertiary/aromatic N) is 1. The molecule has 1 aromatic carbocycles. The monoisotopic (exact) mass is 204 g/mol. The maximum Gasteiger partial charge on any atom is 0.242 e. The van der Waals surface area contributed by atoms with E-state index >= 15 is 0 Å². The van der Waals surface area contributed by atoms with Crippen molar-refractivity contribution in [3.05, 3.63) is 35.9 Å². The third kappa shape index (κ3) is 1.88. The second-order valence-electron chi connectivity index (χ2n) is 4.30. The van der Waals surface area contributed by atoms with Gasteiger partial charge in [-0.3, -0.25) is 4.79 Å². The van der Waals surface area contributed by atoms with Gasteiger partial charge in [-0.25, -0.2) is 0 Å². The van der Waals surface area contributed by atoms with Crippen LogP contribution in [-0.4, -0.2) is 29.9 Å². The molecule has 0 aliphatic carbocycles. The quantitative estimate of drug-likeness (QED) is 0.774. The number of likely N-dealkylation sites (tertiary alicyclic amines) is 1. The molecule has 0 saturated carbocycles. The lowest BCUT2D eigenvalue weighted by Crippen LogP contribution is -2.49. The average Bonchev–Trinajstić information content (AvgIpc) is 2.48. The lowest BCUT2D eigenvalue weighted by atomic mass is 9.90. The van der Waals surface area contributed by atoms with E-state index in [0.717, 1.165) is 18.5 Å². The molecule has 0 aromatic heterocycles. The molecule has 1 atom stereocenters. The van der Waals surface area contributed by atoms with Crippen molar-refractivity contribution in [1.82, 2.24) is 4.90 Å². The standard InChI is InChI=1S/C12H16N2O/c1-14-8-7-12(13,11(14)15)9-10-5-3-2-4-6-10/h2-6H,7-9,13H2,1H3. The largest absolute Gasteiger partial charge is 0.344 e. The molecule has 0 radical (unpaired) electrons. The molecule has 1 aliphatic rings. The van der Waals surface area contributed by atoms with Crippen molar-refractivity contribution in [2.45, 2.75) is 18.4 Å². The Hall–Kier alpha value is -1.35. The van der Waals surface area contributed by atoms with Gasteiger partial charge in [0.25, 0.3) is 0 Å². The summed E-state index contributed by atoms with van der Waals surface area (Å²) >= 11 is 0. The van der Waals surface area contributed by atoms with E-state index in [9.17, 15) is 4.79 Å². The highest BCUT2D eigenvalue weighted by Crippen LogP contribution is 2.23. The molecule has 1 aliphatic heterocycles. The van der Waals surface area contributed by atoms with E-state index in [-0.39, 0.29) is 5.91 Å². The number of hydrogen-bond acceptors (Lipinski definition) is 2. The van der Waals surface area contributed by atoms with Crippen LogP contribution in [0.25, 0.3) is 0 Å². The van der Waals surface area contributed by atoms with E-state index in [2.05, 4.69) is 0 Å². The van der Waals surface area contributed by atoms with Crippen molar-refractivity contribution in [3.63, 3.8) is 0 Å². The van der Waals surface area contributed by atoms with Gasteiger partial charge >= 0.3 is 0 Å². The van der Waals surface area contributed by atoms with E-state index < -0.39 is 5.54 Å². The molecule has 1 amide bonds. The van der Waals surface area contributed by atoms with Gasteiger partial charge in [0.2, 0.25) is 5.91 Å². The first kappa shape index (κ1) is 10.2. The number of likely N-dealkylation sites (N-methyl/N-ethyl adjacent to an activating group) is 1. The van der Waals surface area contributed by atoms with Crippen LogP contribution < -0.4 is 5.73 Å². The Bertz CT molecular complexity index is 363. The maximum absolute atomic E-state index is 11.8. The fraction of sp³-hybridized carbons (Fsp3) is 0.417. The van der Waals surface area contributed by atoms with Crippen molar-refractivity contribution >= 4 is 5.91 Å². The highest BCUT2D eigenvalue weighted by Gasteiger charge is 2.41. The van der Waals surface area contributed by atoms with Crippen LogP contribution in [0.2, 0.25) is 0 Å². The Morgan fingerprint density at radius 2 is 2.07 bits per heavy atom. The van der Waals surface area contributed by atoms with Crippen molar-refractivity contribution in [3.8, 4) is 0 Å². The fourth-order valence-electron chi connectivity index (χ4n) is 2.08. The molecule has 0 bridgehead atoms. The summed E-state index contributed by atoms with van der Waals surface area (Å²) in [6.45, 7) is 0.766. The van der Waals surface area contributed by atoms with E-state index in [0.29, 0.717) is 6.42 Å². The average molecular weight is 204 g/mol. The molecule has 1 unspecified atom stereocenters. The van der Waals surface area contributed by atoms with Gasteiger partial charge in [-0.05, 0) is 18.4 Å². The number of hydrogen-bond donors (Lipinski definition) is 1. The Kier molecular flexibility index (Phi) is 2.49. The van der Waals surface area contributed by atoms with E-state index in [4.69, 9.17) is 5.73 Å². The highest BCUT2D eigenvalue weighted by molar-refractivity contribution is 5.88. The minimum Gasteiger partial charge on any atom is -0.344 e. The summed E-state index contributed by atoms with van der Waals surface area (Å²) in [6.07, 6.45) is 1.38. The Morgan fingerprint density at radius 3 is 2.60 bits per heavy atom. The third-order valence-corrected chi connectivity index (χ3v) is 3.03. The Balaban J connectivity index is 2.15. The van der Waals surface area contributed by atoms with Crippen LogP contribution in [-0.2, 0) is 11.2 Å². The summed E-state index contributed by atoms with van der Waals surface area (Å²) in [6, 6.07) is 9.94. The zero-order valence-electron chi connectivity index (χ0n) is 8.94. The molecule has 80 valence electrons. The summed E-state index contributed by atoms with van der Waals surface area (Å²) < 4.78 is 0. The van der Waals surface area contributed by atoms with Crippen LogP contribution in [0, 0.1) is 0 Å². The molecule has 1 heterocycles. The van der Waals surface area contributed by atoms with Crippen LogP contribution >= 0.6 is 0 Å². The molecular formula is C12H16N2O. The smallest absolute Gasteiger partial charge is 0.242 e. The van der Waals surface area contributed by atoms with Gasteiger partial charge in [-0.1, -0.05) is 30.3 Å². The predicted molar refractivity (Wildman–Crippen MR) is 59.3 cm³/mol. The van der Waals surface area contributed by atoms with Crippen molar-refractivity contribution < 1.29 is 4.79 Å². The van der Waals surface area contributed by atoms with Gasteiger partial charge < -0.3 is 10.6 Å². The molecule has 0 spiro atoms. The summed E-state index contributed by atoms with van der Waals surface area (Å²) in [7, 11) is 1.81. The van der Waals surface area contributed by atoms with Crippen molar-refractivity contribution in [1.29, 1.82) is 0 Å². The van der Waals surface area contributed by atoms with Crippen molar-refractivity contribution in [2.24, 2.45) is 5.73 Å². The molecular weight excluding hydrogens is 188 g/mol. The molecule has 3 heteroatoms. The number of benzene rings is 1. The molecule has 2 N–H and O–H groups in total. The topological polar surface area (TPSA) is 46.3 Å². The summed E-state index contributed by atoms with van der Waals surface area (Å²) in [5.74, 6) is 0.0614. The number of carbonyl (C=O) groups is 1. The first-order valence-corrected chi connectivity index (χ1v) is 5.20. The van der Waals surface area contributed by atoms with Gasteiger partial charge in [0, 0.05) is 13.6 Å². The number of amides is 1. The normalized spacial score (nSPS) is 26.0. The molecule has 1 saturated heterocycles. The lowest BCUT2D eigenvalue weighted by Gasteiger charge is -2.21. The van der Waals surface area contributed by atoms with Gasteiger partial charge in [0.15, 0.2) is 0 Å². The summed E-state index contributed by atoms with van der Waals surface area (Å²) in [4.78, 5) is 13.5. The number of rotatable bonds is 2. The zero-order valence-corrected chi connectivity index (χ0v) is 8.94. The first-order chi connectivity index (χ1) is 7.12. The van der Waals surface area contributed by atoms with Crippen LogP contribution in [0.4, 0.5) is 0 Å². The van der Waals surface area contributed by atoms with E-state index in [1.165, 1.54) is 0 Å². The van der Waals surface area contributed by atoms with E-state index in [1.807, 2.05) is 37.4 Å². The van der Waals surface area contributed by atoms with Gasteiger partial charge in [-0.15, -0.1) is 0 Å². The van der Waals surface area contributed by atoms with Crippen LogP contribution in [0.5, 0.6) is 0 Å². The van der Waals surface area contributed by atoms with Crippen LogP contribution in [0.3, 0.4) is 0 Å². The lowest BCUT2D eigenvalue weighted by molar-refractivity contribution is -0.130. The minimum absolute atomic E-state index is 0.0614. The molecule has 2 rings (SSSR count). The van der Waals surface area contributed by atoms with Gasteiger partial charge in [0.05, 0.1) is 0 Å². The molecule has 1 fully saturated rings. The summed E-state index contributed by atoms with van der Waals surface area (Å²) in [5.41, 5.74) is 6.58. The minimum atomic E-state index is -0.684. The number of carbonyl (C=O) groups excluding carboxylic acids is 1. The van der Waals surface area contributed by atoms with Crippen LogP contribution in [0.15, 0.2) is 30.3 Å². The van der Waals surface area contributed by atoms with Gasteiger partial charge in [0.1, 0.15) is 5.54 Å². The molecule has 1 aromatic rings. The van der Waals surface area contributed by atoms with Gasteiger partial charge in [-0.2, -0.15) is 0 Å². The first-order valence-electron chi connectivity index (χ1n) is 5.20. The zero-order chi connectivity index (χ0) is 10.9. The SMILES string of the molecule is CN1CCC(N)(Cc2ccccc2)C1=O. The fourth-order valence-corrected chi connectivity index (χ4v) is 2.08.